The molecule has 2 N–H and O–H groups in total. The number of nitrogens with zero attached hydrogens (tertiary/aromatic N) is 3. The fourth-order valence-electron chi connectivity index (χ4n) is 2.28. The van der Waals surface area contributed by atoms with Gasteiger partial charge in [-0.2, -0.15) is 5.10 Å². The summed E-state index contributed by atoms with van der Waals surface area (Å²) in [6.07, 6.45) is 1.93. The molecule has 0 radical (unpaired) electrons. The van der Waals surface area contributed by atoms with Gasteiger partial charge in [0.2, 0.25) is 0 Å². The van der Waals surface area contributed by atoms with Crippen molar-refractivity contribution >= 4 is 0 Å². The van der Waals surface area contributed by atoms with Gasteiger partial charge in [-0.25, -0.2) is 9.67 Å². The zero-order valence-corrected chi connectivity index (χ0v) is 12.1. The molecule has 1 heterocycles. The van der Waals surface area contributed by atoms with Gasteiger partial charge >= 0.3 is 0 Å². The fraction of sp³-hybridized carbons (Fsp3) is 0.467. The van der Waals surface area contributed by atoms with Gasteiger partial charge in [0.25, 0.3) is 0 Å². The monoisotopic (exact) mass is 258 g/mol. The van der Waals surface area contributed by atoms with E-state index >= 15 is 0 Å². The molecule has 1 aromatic heterocycles. The summed E-state index contributed by atoms with van der Waals surface area (Å²) >= 11 is 0. The lowest BCUT2D eigenvalue weighted by Crippen LogP contribution is -2.21. The lowest BCUT2D eigenvalue weighted by Gasteiger charge is -2.12. The van der Waals surface area contributed by atoms with Gasteiger partial charge in [0.15, 0.2) is 0 Å². The van der Waals surface area contributed by atoms with Crippen molar-refractivity contribution in [2.45, 2.75) is 46.6 Å². The Kier molecular flexibility index (Phi) is 4.00. The molecule has 0 aliphatic heterocycles. The van der Waals surface area contributed by atoms with E-state index in [0.717, 1.165) is 30.2 Å². The lowest BCUT2D eigenvalue weighted by atomic mass is 10.0. The van der Waals surface area contributed by atoms with E-state index in [0.29, 0.717) is 0 Å². The van der Waals surface area contributed by atoms with Crippen molar-refractivity contribution in [3.05, 3.63) is 41.0 Å². The van der Waals surface area contributed by atoms with Gasteiger partial charge in [0, 0.05) is 6.04 Å². The minimum absolute atomic E-state index is 0.237. The summed E-state index contributed by atoms with van der Waals surface area (Å²) in [6, 6.07) is 6.67. The highest BCUT2D eigenvalue weighted by Gasteiger charge is 2.09. The molecular weight excluding hydrogens is 236 g/mol. The molecule has 1 unspecified atom stereocenters. The van der Waals surface area contributed by atoms with Gasteiger partial charge in [-0.05, 0) is 50.8 Å². The van der Waals surface area contributed by atoms with Crippen LogP contribution in [0.1, 0.15) is 36.1 Å². The summed E-state index contributed by atoms with van der Waals surface area (Å²) in [5.41, 5.74) is 9.58. The van der Waals surface area contributed by atoms with E-state index in [4.69, 9.17) is 5.73 Å². The molecule has 0 aliphatic carbocycles. The summed E-state index contributed by atoms with van der Waals surface area (Å²) in [6.45, 7) is 8.11. The average Bonchev–Trinajstić information content (AvgIpc) is 2.68. The SMILES string of the molecule is CCC(N)Cc1ccc(-n2nc(C)nc2C)c(C)c1. The van der Waals surface area contributed by atoms with Gasteiger partial charge in [-0.3, -0.25) is 0 Å². The average molecular weight is 258 g/mol. The van der Waals surface area contributed by atoms with Crippen molar-refractivity contribution in [3.63, 3.8) is 0 Å². The molecule has 0 aliphatic rings. The summed E-state index contributed by atoms with van der Waals surface area (Å²) < 4.78 is 1.90. The third-order valence-corrected chi connectivity index (χ3v) is 3.39. The molecule has 102 valence electrons. The zero-order valence-electron chi connectivity index (χ0n) is 12.1. The van der Waals surface area contributed by atoms with Crippen molar-refractivity contribution in [1.29, 1.82) is 0 Å². The second-order valence-corrected chi connectivity index (χ2v) is 5.11. The van der Waals surface area contributed by atoms with Crippen molar-refractivity contribution < 1.29 is 0 Å². The molecule has 2 aromatic rings. The molecule has 4 nitrogen and oxygen atoms in total. The maximum atomic E-state index is 6.00. The van der Waals surface area contributed by atoms with E-state index in [1.165, 1.54) is 11.1 Å². The Morgan fingerprint density at radius 2 is 2.00 bits per heavy atom. The molecule has 0 fully saturated rings. The van der Waals surface area contributed by atoms with Crippen LogP contribution in [-0.4, -0.2) is 20.8 Å². The first-order chi connectivity index (χ1) is 9.01. The van der Waals surface area contributed by atoms with E-state index in [2.05, 4.69) is 42.1 Å². The molecule has 4 heteroatoms. The summed E-state index contributed by atoms with van der Waals surface area (Å²) in [4.78, 5) is 4.34. The standard InChI is InChI=1S/C15H22N4/c1-5-14(16)9-13-6-7-15(10(2)8-13)19-12(4)17-11(3)18-19/h6-8,14H,5,9,16H2,1-4H3. The smallest absolute Gasteiger partial charge is 0.148 e. The molecule has 0 amide bonds. The fourth-order valence-corrected chi connectivity index (χ4v) is 2.28. The predicted octanol–water partition coefficient (Wildman–Crippen LogP) is 2.47. The van der Waals surface area contributed by atoms with Crippen LogP contribution in [0.3, 0.4) is 0 Å². The highest BCUT2D eigenvalue weighted by atomic mass is 15.3. The van der Waals surface area contributed by atoms with Crippen molar-refractivity contribution in [2.75, 3.05) is 0 Å². The van der Waals surface area contributed by atoms with Crippen LogP contribution in [0.15, 0.2) is 18.2 Å². The summed E-state index contributed by atoms with van der Waals surface area (Å²) in [5, 5.41) is 4.43. The van der Waals surface area contributed by atoms with Gasteiger partial charge < -0.3 is 5.73 Å². The van der Waals surface area contributed by atoms with Crippen molar-refractivity contribution in [2.24, 2.45) is 5.73 Å². The molecule has 1 atom stereocenters. The Hall–Kier alpha value is -1.68. The van der Waals surface area contributed by atoms with E-state index < -0.39 is 0 Å². The highest BCUT2D eigenvalue weighted by molar-refractivity contribution is 5.42. The normalized spacial score (nSPS) is 12.7. The topological polar surface area (TPSA) is 56.7 Å². The zero-order chi connectivity index (χ0) is 14.0. The lowest BCUT2D eigenvalue weighted by molar-refractivity contribution is 0.646. The number of aromatic nitrogens is 3. The molecule has 0 saturated carbocycles. The Labute approximate surface area is 114 Å². The number of hydrogen-bond donors (Lipinski definition) is 1. The molecule has 0 saturated heterocycles. The van der Waals surface area contributed by atoms with Crippen LogP contribution in [0.4, 0.5) is 0 Å². The Balaban J connectivity index is 2.32. The van der Waals surface area contributed by atoms with E-state index in [1.807, 2.05) is 18.5 Å². The minimum atomic E-state index is 0.237. The van der Waals surface area contributed by atoms with Gasteiger partial charge in [0.1, 0.15) is 11.6 Å². The number of aryl methyl sites for hydroxylation is 3. The second kappa shape index (κ2) is 5.53. The Morgan fingerprint density at radius 3 is 2.53 bits per heavy atom. The van der Waals surface area contributed by atoms with Crippen LogP contribution < -0.4 is 5.73 Å². The molecule has 2 rings (SSSR count). The van der Waals surface area contributed by atoms with Crippen LogP contribution in [-0.2, 0) is 6.42 Å². The highest BCUT2D eigenvalue weighted by Crippen LogP contribution is 2.17. The first-order valence-electron chi connectivity index (χ1n) is 6.77. The van der Waals surface area contributed by atoms with E-state index in [-0.39, 0.29) is 6.04 Å². The Morgan fingerprint density at radius 1 is 1.26 bits per heavy atom. The maximum absolute atomic E-state index is 6.00. The predicted molar refractivity (Wildman–Crippen MR) is 77.5 cm³/mol. The van der Waals surface area contributed by atoms with Gasteiger partial charge in [-0.15, -0.1) is 0 Å². The molecule has 0 spiro atoms. The first-order valence-corrected chi connectivity index (χ1v) is 6.77. The molecule has 1 aromatic carbocycles. The van der Waals surface area contributed by atoms with Crippen molar-refractivity contribution in [1.82, 2.24) is 14.8 Å². The van der Waals surface area contributed by atoms with E-state index in [9.17, 15) is 0 Å². The number of nitrogens with two attached hydrogens (primary N) is 1. The number of hydrogen-bond acceptors (Lipinski definition) is 3. The molecular formula is C15H22N4. The first kappa shape index (κ1) is 13.7. The largest absolute Gasteiger partial charge is 0.327 e. The quantitative estimate of drug-likeness (QED) is 0.916. The Bertz CT molecular complexity index is 572. The number of benzene rings is 1. The second-order valence-electron chi connectivity index (χ2n) is 5.11. The van der Waals surface area contributed by atoms with Crippen LogP contribution in [0.5, 0.6) is 0 Å². The van der Waals surface area contributed by atoms with E-state index in [1.54, 1.807) is 0 Å². The third-order valence-electron chi connectivity index (χ3n) is 3.39. The van der Waals surface area contributed by atoms with Crippen LogP contribution in [0.25, 0.3) is 5.69 Å². The van der Waals surface area contributed by atoms with Gasteiger partial charge in [0.05, 0.1) is 5.69 Å². The van der Waals surface area contributed by atoms with Crippen molar-refractivity contribution in [3.8, 4) is 5.69 Å². The van der Waals surface area contributed by atoms with Crippen LogP contribution in [0, 0.1) is 20.8 Å². The third kappa shape index (κ3) is 3.01. The minimum Gasteiger partial charge on any atom is -0.327 e. The van der Waals surface area contributed by atoms with Gasteiger partial charge in [-0.1, -0.05) is 19.1 Å². The summed E-state index contributed by atoms with van der Waals surface area (Å²) in [5.74, 6) is 1.72. The molecule has 0 bridgehead atoms. The number of rotatable bonds is 4. The molecule has 19 heavy (non-hydrogen) atoms. The van der Waals surface area contributed by atoms with Crippen LogP contribution >= 0.6 is 0 Å². The van der Waals surface area contributed by atoms with Crippen LogP contribution in [0.2, 0.25) is 0 Å². The maximum Gasteiger partial charge on any atom is 0.148 e. The summed E-state index contributed by atoms with van der Waals surface area (Å²) in [7, 11) is 0.